The van der Waals surface area contributed by atoms with Crippen LogP contribution in [0.25, 0.3) is 0 Å². The van der Waals surface area contributed by atoms with Gasteiger partial charge in [0.2, 0.25) is 0 Å². The van der Waals surface area contributed by atoms with Gasteiger partial charge in [-0.1, -0.05) is 6.92 Å². The number of methoxy groups -OCH3 is 2. The van der Waals surface area contributed by atoms with Gasteiger partial charge in [0.15, 0.2) is 11.5 Å². The highest BCUT2D eigenvalue weighted by Gasteiger charge is 2.36. The van der Waals surface area contributed by atoms with E-state index in [0.29, 0.717) is 12.8 Å². The number of carboxylic acids is 1. The maximum absolute atomic E-state index is 14.2. The molecule has 2 unspecified atom stereocenters. The summed E-state index contributed by atoms with van der Waals surface area (Å²) in [5.41, 5.74) is -0.219. The second kappa shape index (κ2) is 6.85. The standard InChI is InChI=1S/C16H20FNO5/c1-9-4-5-18(12(6-9)16(20)21)15(19)10-7-13(22-2)14(23-3)8-11(10)17/h7-9,12H,4-6H2,1-3H3,(H,20,21). The Labute approximate surface area is 133 Å². The second-order valence-corrected chi connectivity index (χ2v) is 5.67. The molecule has 1 N–H and O–H groups in total. The molecule has 23 heavy (non-hydrogen) atoms. The lowest BCUT2D eigenvalue weighted by atomic mass is 9.92. The van der Waals surface area contributed by atoms with Crippen molar-refractivity contribution in [3.63, 3.8) is 0 Å². The number of carboxylic acid groups (broad SMARTS) is 1. The van der Waals surface area contributed by atoms with Crippen molar-refractivity contribution in [1.29, 1.82) is 0 Å². The number of hydrogen-bond donors (Lipinski definition) is 1. The van der Waals surface area contributed by atoms with Gasteiger partial charge in [-0.2, -0.15) is 0 Å². The fraction of sp³-hybridized carbons (Fsp3) is 0.500. The van der Waals surface area contributed by atoms with Gasteiger partial charge in [0, 0.05) is 12.6 Å². The zero-order chi connectivity index (χ0) is 17.1. The molecule has 1 aromatic rings. The third-order valence-electron chi connectivity index (χ3n) is 4.11. The zero-order valence-electron chi connectivity index (χ0n) is 13.3. The number of amides is 1. The Morgan fingerprint density at radius 3 is 2.43 bits per heavy atom. The quantitative estimate of drug-likeness (QED) is 0.918. The highest BCUT2D eigenvalue weighted by atomic mass is 19.1. The van der Waals surface area contributed by atoms with Crippen LogP contribution >= 0.6 is 0 Å². The number of benzene rings is 1. The van der Waals surface area contributed by atoms with Crippen LogP contribution in [0.4, 0.5) is 4.39 Å². The fourth-order valence-electron chi connectivity index (χ4n) is 2.79. The monoisotopic (exact) mass is 325 g/mol. The van der Waals surface area contributed by atoms with Gasteiger partial charge in [-0.15, -0.1) is 0 Å². The maximum Gasteiger partial charge on any atom is 0.326 e. The SMILES string of the molecule is COc1cc(F)c(C(=O)N2CCC(C)CC2C(=O)O)cc1OC. The lowest BCUT2D eigenvalue weighted by molar-refractivity contribution is -0.144. The van der Waals surface area contributed by atoms with Gasteiger partial charge in [0.05, 0.1) is 19.8 Å². The summed E-state index contributed by atoms with van der Waals surface area (Å²) in [6.07, 6.45) is 1.04. The van der Waals surface area contributed by atoms with Crippen molar-refractivity contribution in [1.82, 2.24) is 4.90 Å². The molecule has 1 saturated heterocycles. The van der Waals surface area contributed by atoms with E-state index in [0.717, 1.165) is 6.07 Å². The number of aliphatic carboxylic acids is 1. The molecule has 1 aliphatic heterocycles. The van der Waals surface area contributed by atoms with Crippen LogP contribution in [-0.4, -0.2) is 48.7 Å². The minimum Gasteiger partial charge on any atom is -0.493 e. The van der Waals surface area contributed by atoms with Crippen LogP contribution in [0.5, 0.6) is 11.5 Å². The summed E-state index contributed by atoms with van der Waals surface area (Å²) in [6, 6.07) is 1.36. The van der Waals surface area contributed by atoms with E-state index in [4.69, 9.17) is 9.47 Å². The average Bonchev–Trinajstić information content (AvgIpc) is 2.53. The molecule has 0 aromatic heterocycles. The van der Waals surface area contributed by atoms with E-state index in [1.165, 1.54) is 25.2 Å². The van der Waals surface area contributed by atoms with E-state index >= 15 is 0 Å². The molecule has 1 aliphatic rings. The van der Waals surface area contributed by atoms with Crippen molar-refractivity contribution in [2.45, 2.75) is 25.8 Å². The molecule has 126 valence electrons. The Bertz CT molecular complexity index is 619. The van der Waals surface area contributed by atoms with Crippen LogP contribution in [0, 0.1) is 11.7 Å². The molecule has 2 rings (SSSR count). The molecule has 0 saturated carbocycles. The molecule has 0 bridgehead atoms. The number of halogens is 1. The van der Waals surface area contributed by atoms with Crippen LogP contribution in [0.3, 0.4) is 0 Å². The van der Waals surface area contributed by atoms with Crippen molar-refractivity contribution in [3.05, 3.63) is 23.5 Å². The Morgan fingerprint density at radius 2 is 1.87 bits per heavy atom. The number of carbonyl (C=O) groups is 2. The van der Waals surface area contributed by atoms with Crippen molar-refractivity contribution in [2.75, 3.05) is 20.8 Å². The molecule has 1 fully saturated rings. The molecule has 1 aromatic carbocycles. The highest BCUT2D eigenvalue weighted by molar-refractivity contribution is 5.97. The summed E-state index contributed by atoms with van der Waals surface area (Å²) in [5.74, 6) is -1.91. The van der Waals surface area contributed by atoms with Crippen molar-refractivity contribution >= 4 is 11.9 Å². The Balaban J connectivity index is 2.37. The first-order chi connectivity index (χ1) is 10.9. The number of carbonyl (C=O) groups excluding carboxylic acids is 1. The number of piperidine rings is 1. The molecular weight excluding hydrogens is 305 g/mol. The molecular formula is C16H20FNO5. The van der Waals surface area contributed by atoms with Crippen LogP contribution in [-0.2, 0) is 4.79 Å². The largest absolute Gasteiger partial charge is 0.493 e. The summed E-state index contributed by atoms with van der Waals surface area (Å²) >= 11 is 0. The number of likely N-dealkylation sites (tertiary alicyclic amines) is 1. The number of rotatable bonds is 4. The summed E-state index contributed by atoms with van der Waals surface area (Å²) in [4.78, 5) is 25.3. The van der Waals surface area contributed by atoms with Gasteiger partial charge >= 0.3 is 5.97 Å². The number of ether oxygens (including phenoxy) is 2. The number of nitrogens with zero attached hydrogens (tertiary/aromatic N) is 1. The van der Waals surface area contributed by atoms with Crippen LogP contribution in [0.2, 0.25) is 0 Å². The molecule has 1 amide bonds. The number of hydrogen-bond acceptors (Lipinski definition) is 4. The predicted octanol–water partition coefficient (Wildman–Crippen LogP) is 2.17. The van der Waals surface area contributed by atoms with Crippen molar-refractivity contribution < 1.29 is 28.6 Å². The topological polar surface area (TPSA) is 76.1 Å². The van der Waals surface area contributed by atoms with E-state index in [-0.39, 0.29) is 29.5 Å². The third kappa shape index (κ3) is 3.38. The van der Waals surface area contributed by atoms with Gasteiger partial charge in [-0.3, -0.25) is 4.79 Å². The van der Waals surface area contributed by atoms with Crippen LogP contribution < -0.4 is 9.47 Å². The molecule has 7 heteroatoms. The minimum atomic E-state index is -1.08. The molecule has 6 nitrogen and oxygen atoms in total. The summed E-state index contributed by atoms with van der Waals surface area (Å²) in [7, 11) is 2.75. The van der Waals surface area contributed by atoms with Gasteiger partial charge < -0.3 is 19.5 Å². The first kappa shape index (κ1) is 17.1. The van der Waals surface area contributed by atoms with Crippen LogP contribution in [0.1, 0.15) is 30.1 Å². The van der Waals surface area contributed by atoms with E-state index in [1.54, 1.807) is 0 Å². The predicted molar refractivity (Wildman–Crippen MR) is 80.4 cm³/mol. The average molecular weight is 325 g/mol. The lowest BCUT2D eigenvalue weighted by Gasteiger charge is -2.36. The zero-order valence-corrected chi connectivity index (χ0v) is 13.3. The van der Waals surface area contributed by atoms with E-state index in [9.17, 15) is 19.1 Å². The summed E-state index contributed by atoms with van der Waals surface area (Å²) in [5, 5.41) is 9.34. The first-order valence-electron chi connectivity index (χ1n) is 7.34. The van der Waals surface area contributed by atoms with Gasteiger partial charge in [0.25, 0.3) is 5.91 Å². The fourth-order valence-corrected chi connectivity index (χ4v) is 2.79. The van der Waals surface area contributed by atoms with Gasteiger partial charge in [-0.25, -0.2) is 9.18 Å². The summed E-state index contributed by atoms with van der Waals surface area (Å²) < 4.78 is 24.3. The Kier molecular flexibility index (Phi) is 5.08. The maximum atomic E-state index is 14.2. The Morgan fingerprint density at radius 1 is 1.26 bits per heavy atom. The minimum absolute atomic E-state index is 0.170. The molecule has 0 spiro atoms. The first-order valence-corrected chi connectivity index (χ1v) is 7.34. The summed E-state index contributed by atoms with van der Waals surface area (Å²) in [6.45, 7) is 2.22. The normalized spacial score (nSPS) is 21.0. The molecule has 2 atom stereocenters. The highest BCUT2D eigenvalue weighted by Crippen LogP contribution is 2.32. The van der Waals surface area contributed by atoms with Crippen molar-refractivity contribution in [2.24, 2.45) is 5.92 Å². The molecule has 0 aliphatic carbocycles. The van der Waals surface area contributed by atoms with Gasteiger partial charge in [-0.05, 0) is 24.8 Å². The van der Waals surface area contributed by atoms with E-state index < -0.39 is 23.7 Å². The third-order valence-corrected chi connectivity index (χ3v) is 4.11. The van der Waals surface area contributed by atoms with Crippen LogP contribution in [0.15, 0.2) is 12.1 Å². The van der Waals surface area contributed by atoms with E-state index in [2.05, 4.69) is 0 Å². The Hall–Kier alpha value is -2.31. The van der Waals surface area contributed by atoms with Crippen molar-refractivity contribution in [3.8, 4) is 11.5 Å². The lowest BCUT2D eigenvalue weighted by Crippen LogP contribution is -2.50. The molecule has 1 heterocycles. The molecule has 0 radical (unpaired) electrons. The van der Waals surface area contributed by atoms with Gasteiger partial charge in [0.1, 0.15) is 11.9 Å². The second-order valence-electron chi connectivity index (χ2n) is 5.67. The van der Waals surface area contributed by atoms with E-state index in [1.807, 2.05) is 6.92 Å². The smallest absolute Gasteiger partial charge is 0.326 e.